The topological polar surface area (TPSA) is 34.1 Å². The van der Waals surface area contributed by atoms with Crippen LogP contribution in [0.25, 0.3) is 0 Å². The Bertz CT molecular complexity index is 450. The third-order valence-electron chi connectivity index (χ3n) is 6.27. The molecular formula is C20H40IN5S. The van der Waals surface area contributed by atoms with Crippen molar-refractivity contribution in [2.45, 2.75) is 49.7 Å². The van der Waals surface area contributed by atoms with E-state index in [4.69, 9.17) is 0 Å². The van der Waals surface area contributed by atoms with Crippen LogP contribution in [0, 0.1) is 0 Å². The Morgan fingerprint density at radius 2 is 1.85 bits per heavy atom. The molecule has 0 aromatic rings. The summed E-state index contributed by atoms with van der Waals surface area (Å²) in [6.45, 7) is 9.51. The summed E-state index contributed by atoms with van der Waals surface area (Å²) in [6, 6.07) is 0. The molecule has 0 aromatic carbocycles. The maximum atomic E-state index is 4.60. The van der Waals surface area contributed by atoms with Crippen molar-refractivity contribution in [2.24, 2.45) is 4.99 Å². The van der Waals surface area contributed by atoms with E-state index in [9.17, 15) is 0 Å². The number of rotatable bonds is 4. The Hall–Kier alpha value is 0.270. The molecule has 2 saturated heterocycles. The second-order valence-corrected chi connectivity index (χ2v) is 9.90. The van der Waals surface area contributed by atoms with Crippen molar-refractivity contribution in [3.05, 3.63) is 0 Å². The summed E-state index contributed by atoms with van der Waals surface area (Å²) in [6.07, 6.45) is 9.57. The van der Waals surface area contributed by atoms with Gasteiger partial charge in [0.1, 0.15) is 0 Å². The highest BCUT2D eigenvalue weighted by molar-refractivity contribution is 14.0. The molecule has 3 fully saturated rings. The van der Waals surface area contributed by atoms with Crippen molar-refractivity contribution in [1.82, 2.24) is 20.0 Å². The molecular weight excluding hydrogens is 469 g/mol. The zero-order chi connectivity index (χ0) is 18.2. The third kappa shape index (κ3) is 7.23. The molecule has 0 unspecified atom stereocenters. The van der Waals surface area contributed by atoms with Gasteiger partial charge in [-0.05, 0) is 52.4 Å². The number of nitrogens with zero attached hydrogens (tertiary/aromatic N) is 4. The summed E-state index contributed by atoms with van der Waals surface area (Å²) in [5, 5.41) is 3.65. The molecule has 3 aliphatic rings. The van der Waals surface area contributed by atoms with Gasteiger partial charge in [0.25, 0.3) is 0 Å². The fraction of sp³-hybridized carbons (Fsp3) is 0.950. The van der Waals surface area contributed by atoms with Crippen LogP contribution in [-0.4, -0.2) is 97.6 Å². The van der Waals surface area contributed by atoms with Gasteiger partial charge in [0, 0.05) is 50.3 Å². The van der Waals surface area contributed by atoms with Crippen molar-refractivity contribution in [2.75, 3.05) is 72.2 Å². The van der Waals surface area contributed by atoms with Gasteiger partial charge in [0.15, 0.2) is 5.96 Å². The van der Waals surface area contributed by atoms with Crippen LogP contribution in [0.4, 0.5) is 0 Å². The average Bonchev–Trinajstić information content (AvgIpc) is 2.87. The predicted octanol–water partition coefficient (Wildman–Crippen LogP) is 2.96. The lowest BCUT2D eigenvalue weighted by molar-refractivity contribution is 0.271. The van der Waals surface area contributed by atoms with E-state index in [-0.39, 0.29) is 24.0 Å². The van der Waals surface area contributed by atoms with E-state index >= 15 is 0 Å². The van der Waals surface area contributed by atoms with Gasteiger partial charge in [-0.3, -0.25) is 4.99 Å². The van der Waals surface area contributed by atoms with E-state index in [0.29, 0.717) is 4.75 Å². The minimum atomic E-state index is 0. The van der Waals surface area contributed by atoms with Crippen LogP contribution in [0.15, 0.2) is 4.99 Å². The van der Waals surface area contributed by atoms with E-state index in [0.717, 1.165) is 19.0 Å². The maximum Gasteiger partial charge on any atom is 0.193 e. The molecule has 158 valence electrons. The second kappa shape index (κ2) is 12.1. The first kappa shape index (κ1) is 23.5. The standard InChI is InChI=1S/C20H39N5S.HI/c1-21-19(22-10-6-12-24-13-7-11-23(2)14-15-24)25-16-17-26-20(18-25)8-4-3-5-9-20;/h3-18H2,1-2H3,(H,21,22);1H. The number of nitrogens with one attached hydrogen (secondary N) is 1. The first-order valence-corrected chi connectivity index (χ1v) is 11.7. The monoisotopic (exact) mass is 509 g/mol. The van der Waals surface area contributed by atoms with Crippen molar-refractivity contribution in [3.63, 3.8) is 0 Å². The van der Waals surface area contributed by atoms with Crippen molar-refractivity contribution >= 4 is 41.7 Å². The normalized spacial score (nSPS) is 25.1. The molecule has 0 atom stereocenters. The smallest absolute Gasteiger partial charge is 0.193 e. The highest BCUT2D eigenvalue weighted by atomic mass is 127. The molecule has 5 nitrogen and oxygen atoms in total. The number of hydrogen-bond donors (Lipinski definition) is 1. The number of guanidine groups is 1. The quantitative estimate of drug-likeness (QED) is 0.273. The SMILES string of the molecule is CN=C(NCCCN1CCCN(C)CC1)N1CCSC2(CCCCC2)C1.I. The van der Waals surface area contributed by atoms with Gasteiger partial charge in [-0.25, -0.2) is 0 Å². The lowest BCUT2D eigenvalue weighted by atomic mass is 9.87. The number of aliphatic imine (C=N–C) groups is 1. The zero-order valence-electron chi connectivity index (χ0n) is 17.4. The summed E-state index contributed by atoms with van der Waals surface area (Å²) in [4.78, 5) is 12.2. The molecule has 0 aromatic heterocycles. The highest BCUT2D eigenvalue weighted by Crippen LogP contribution is 2.42. The van der Waals surface area contributed by atoms with E-state index in [1.54, 1.807) is 0 Å². The van der Waals surface area contributed by atoms with E-state index in [1.807, 2.05) is 7.05 Å². The van der Waals surface area contributed by atoms with Crippen LogP contribution < -0.4 is 5.32 Å². The van der Waals surface area contributed by atoms with E-state index in [2.05, 4.69) is 43.8 Å². The molecule has 1 spiro atoms. The van der Waals surface area contributed by atoms with Crippen LogP contribution in [0.5, 0.6) is 0 Å². The van der Waals surface area contributed by atoms with Crippen LogP contribution in [0.1, 0.15) is 44.9 Å². The van der Waals surface area contributed by atoms with E-state index < -0.39 is 0 Å². The van der Waals surface area contributed by atoms with Crippen LogP contribution in [0.3, 0.4) is 0 Å². The lowest BCUT2D eigenvalue weighted by Crippen LogP contribution is -2.53. The van der Waals surface area contributed by atoms with Crippen LogP contribution in [0.2, 0.25) is 0 Å². The third-order valence-corrected chi connectivity index (χ3v) is 7.81. The molecule has 1 aliphatic carbocycles. The van der Waals surface area contributed by atoms with Gasteiger partial charge < -0.3 is 20.0 Å². The highest BCUT2D eigenvalue weighted by Gasteiger charge is 2.38. The Kier molecular flexibility index (Phi) is 10.5. The number of hydrogen-bond acceptors (Lipinski definition) is 4. The molecule has 7 heteroatoms. The summed E-state index contributed by atoms with van der Waals surface area (Å²) >= 11 is 2.23. The van der Waals surface area contributed by atoms with Gasteiger partial charge in [-0.15, -0.1) is 24.0 Å². The minimum Gasteiger partial charge on any atom is -0.356 e. The maximum absolute atomic E-state index is 4.60. The Labute approximate surface area is 188 Å². The minimum absolute atomic E-state index is 0. The zero-order valence-corrected chi connectivity index (χ0v) is 20.6. The predicted molar refractivity (Wildman–Crippen MR) is 130 cm³/mol. The fourth-order valence-corrected chi connectivity index (χ4v) is 6.25. The van der Waals surface area contributed by atoms with Gasteiger partial charge >= 0.3 is 0 Å². The van der Waals surface area contributed by atoms with Gasteiger partial charge in [-0.2, -0.15) is 11.8 Å². The summed E-state index contributed by atoms with van der Waals surface area (Å²) < 4.78 is 0.506. The first-order chi connectivity index (χ1) is 12.7. The van der Waals surface area contributed by atoms with Crippen LogP contribution >= 0.6 is 35.7 Å². The van der Waals surface area contributed by atoms with Crippen molar-refractivity contribution < 1.29 is 0 Å². The summed E-state index contributed by atoms with van der Waals surface area (Å²) in [5.74, 6) is 2.38. The number of halogens is 1. The Morgan fingerprint density at radius 3 is 2.63 bits per heavy atom. The fourth-order valence-electron chi connectivity index (χ4n) is 4.68. The van der Waals surface area contributed by atoms with Crippen LogP contribution in [-0.2, 0) is 0 Å². The van der Waals surface area contributed by atoms with Gasteiger partial charge in [-0.1, -0.05) is 19.3 Å². The molecule has 0 bridgehead atoms. The Morgan fingerprint density at radius 1 is 1.04 bits per heavy atom. The van der Waals surface area contributed by atoms with Crippen molar-refractivity contribution in [1.29, 1.82) is 0 Å². The summed E-state index contributed by atoms with van der Waals surface area (Å²) in [7, 11) is 4.19. The molecule has 1 saturated carbocycles. The lowest BCUT2D eigenvalue weighted by Gasteiger charge is -2.45. The molecule has 0 amide bonds. The number of thioether (sulfide) groups is 1. The van der Waals surface area contributed by atoms with Crippen molar-refractivity contribution in [3.8, 4) is 0 Å². The number of likely N-dealkylation sites (N-methyl/N-ethyl adjacent to an activating group) is 1. The average molecular weight is 510 g/mol. The second-order valence-electron chi connectivity index (χ2n) is 8.34. The van der Waals surface area contributed by atoms with Gasteiger partial charge in [0.05, 0.1) is 0 Å². The molecule has 2 heterocycles. The molecule has 0 radical (unpaired) electrons. The molecule has 3 rings (SSSR count). The Balaban J connectivity index is 0.00000261. The van der Waals surface area contributed by atoms with Gasteiger partial charge in [0.2, 0.25) is 0 Å². The first-order valence-electron chi connectivity index (χ1n) is 10.7. The largest absolute Gasteiger partial charge is 0.356 e. The molecule has 1 N–H and O–H groups in total. The van der Waals surface area contributed by atoms with E-state index in [1.165, 1.54) is 90.0 Å². The molecule has 27 heavy (non-hydrogen) atoms. The molecule has 2 aliphatic heterocycles. The summed E-state index contributed by atoms with van der Waals surface area (Å²) in [5.41, 5.74) is 0.